The Balaban J connectivity index is 1.67. The molecule has 21 heavy (non-hydrogen) atoms. The molecule has 4 heteroatoms. The molecular formula is C17H27N3O. The Labute approximate surface area is 127 Å². The molecule has 4 nitrogen and oxygen atoms in total. The second-order valence-electron chi connectivity index (χ2n) is 6.75. The Hall–Kier alpha value is -1.13. The summed E-state index contributed by atoms with van der Waals surface area (Å²) in [6.07, 6.45) is 8.42. The van der Waals surface area contributed by atoms with Gasteiger partial charge in [-0.25, -0.2) is 0 Å². The Morgan fingerprint density at radius 2 is 2.10 bits per heavy atom. The van der Waals surface area contributed by atoms with Gasteiger partial charge in [-0.15, -0.1) is 0 Å². The van der Waals surface area contributed by atoms with Crippen molar-refractivity contribution in [3.8, 4) is 0 Å². The first-order valence-corrected chi connectivity index (χ1v) is 8.33. The fraction of sp³-hybridized carbons (Fsp3) is 0.706. The van der Waals surface area contributed by atoms with Crippen molar-refractivity contribution in [1.29, 1.82) is 0 Å². The summed E-state index contributed by atoms with van der Waals surface area (Å²) in [5.74, 6) is 0. The molecule has 1 aromatic rings. The van der Waals surface area contributed by atoms with Gasteiger partial charge in [-0.2, -0.15) is 0 Å². The number of hydrogen-bond acceptors (Lipinski definition) is 3. The van der Waals surface area contributed by atoms with Gasteiger partial charge in [0.05, 0.1) is 0 Å². The van der Waals surface area contributed by atoms with E-state index in [-0.39, 0.29) is 5.56 Å². The molecule has 1 spiro atoms. The molecule has 1 atom stereocenters. The lowest BCUT2D eigenvalue weighted by atomic mass is 9.97. The number of rotatable bonds is 3. The van der Waals surface area contributed by atoms with Crippen LogP contribution in [0.5, 0.6) is 0 Å². The Bertz CT molecular complexity index is 519. The van der Waals surface area contributed by atoms with Gasteiger partial charge in [0.15, 0.2) is 0 Å². The van der Waals surface area contributed by atoms with E-state index < -0.39 is 0 Å². The number of aromatic nitrogens is 1. The zero-order valence-electron chi connectivity index (χ0n) is 13.1. The molecule has 1 aromatic heterocycles. The van der Waals surface area contributed by atoms with Gasteiger partial charge in [-0.05, 0) is 38.8 Å². The van der Waals surface area contributed by atoms with Gasteiger partial charge in [0.2, 0.25) is 0 Å². The van der Waals surface area contributed by atoms with Gasteiger partial charge < -0.3 is 9.88 Å². The van der Waals surface area contributed by atoms with Gasteiger partial charge >= 0.3 is 0 Å². The third-order valence-corrected chi connectivity index (χ3v) is 5.28. The van der Waals surface area contributed by atoms with E-state index in [2.05, 4.69) is 17.1 Å². The molecule has 1 N–H and O–H groups in total. The summed E-state index contributed by atoms with van der Waals surface area (Å²) < 4.78 is 1.83. The maximum atomic E-state index is 11.8. The van der Waals surface area contributed by atoms with Crippen molar-refractivity contribution in [2.24, 2.45) is 0 Å². The molecule has 116 valence electrons. The summed E-state index contributed by atoms with van der Waals surface area (Å²) >= 11 is 0. The number of pyridine rings is 1. The van der Waals surface area contributed by atoms with Crippen LogP contribution in [-0.2, 0) is 6.54 Å². The van der Waals surface area contributed by atoms with Crippen LogP contribution in [0.4, 0.5) is 0 Å². The van der Waals surface area contributed by atoms with Crippen LogP contribution in [0, 0.1) is 0 Å². The third kappa shape index (κ3) is 3.38. The minimum Gasteiger partial charge on any atom is -0.314 e. The lowest BCUT2D eigenvalue weighted by Gasteiger charge is -2.35. The maximum Gasteiger partial charge on any atom is 0.250 e. The van der Waals surface area contributed by atoms with Gasteiger partial charge in [0, 0.05) is 43.5 Å². The van der Waals surface area contributed by atoms with E-state index in [0.717, 1.165) is 26.2 Å². The molecule has 0 bridgehead atoms. The number of nitrogens with one attached hydrogen (secondary N) is 1. The second kappa shape index (κ2) is 6.32. The van der Waals surface area contributed by atoms with Gasteiger partial charge in [-0.1, -0.05) is 18.9 Å². The summed E-state index contributed by atoms with van der Waals surface area (Å²) in [6, 6.07) is 5.99. The monoisotopic (exact) mass is 289 g/mol. The first-order chi connectivity index (χ1) is 10.2. The zero-order valence-corrected chi connectivity index (χ0v) is 13.1. The highest BCUT2D eigenvalue weighted by molar-refractivity contribution is 4.98. The standard InChI is InChI=1S/C17H27N3O/c1-15-7-10-18-17(8-3-4-9-17)14-20(15)13-12-19-11-5-2-6-16(19)21/h2,5-6,11,15,18H,3-4,7-10,12-14H2,1H3. The topological polar surface area (TPSA) is 37.3 Å². The fourth-order valence-electron chi connectivity index (χ4n) is 3.90. The molecule has 3 rings (SSSR count). The van der Waals surface area contributed by atoms with E-state index in [1.807, 2.05) is 22.9 Å². The van der Waals surface area contributed by atoms with Crippen molar-refractivity contribution in [1.82, 2.24) is 14.8 Å². The normalized spacial score (nSPS) is 26.0. The van der Waals surface area contributed by atoms with Gasteiger partial charge in [0.1, 0.15) is 0 Å². The van der Waals surface area contributed by atoms with Crippen molar-refractivity contribution in [2.75, 3.05) is 19.6 Å². The summed E-state index contributed by atoms with van der Waals surface area (Å²) in [5, 5.41) is 3.82. The molecule has 2 heterocycles. The number of hydrogen-bond donors (Lipinski definition) is 1. The first kappa shape index (κ1) is 14.8. The van der Waals surface area contributed by atoms with Crippen molar-refractivity contribution in [2.45, 2.75) is 57.2 Å². The zero-order chi connectivity index (χ0) is 14.7. The maximum absolute atomic E-state index is 11.8. The molecular weight excluding hydrogens is 262 g/mol. The van der Waals surface area contributed by atoms with Crippen LogP contribution in [0.25, 0.3) is 0 Å². The van der Waals surface area contributed by atoms with Gasteiger partial charge in [0.25, 0.3) is 5.56 Å². The summed E-state index contributed by atoms with van der Waals surface area (Å²) in [7, 11) is 0. The molecule has 1 unspecified atom stereocenters. The molecule has 1 aliphatic carbocycles. The third-order valence-electron chi connectivity index (χ3n) is 5.28. The van der Waals surface area contributed by atoms with Crippen LogP contribution in [0.1, 0.15) is 39.0 Å². The van der Waals surface area contributed by atoms with E-state index in [1.165, 1.54) is 32.1 Å². The lowest BCUT2D eigenvalue weighted by molar-refractivity contribution is 0.162. The quantitative estimate of drug-likeness (QED) is 0.922. The van der Waals surface area contributed by atoms with Crippen molar-refractivity contribution in [3.05, 3.63) is 34.7 Å². The highest BCUT2D eigenvalue weighted by Gasteiger charge is 2.37. The fourth-order valence-corrected chi connectivity index (χ4v) is 3.90. The van der Waals surface area contributed by atoms with Gasteiger partial charge in [-0.3, -0.25) is 9.69 Å². The molecule has 2 aliphatic rings. The largest absolute Gasteiger partial charge is 0.314 e. The summed E-state index contributed by atoms with van der Waals surface area (Å²) in [5.41, 5.74) is 0.445. The van der Waals surface area contributed by atoms with Crippen LogP contribution < -0.4 is 10.9 Å². The van der Waals surface area contributed by atoms with Crippen LogP contribution in [0.2, 0.25) is 0 Å². The first-order valence-electron chi connectivity index (χ1n) is 8.33. The summed E-state index contributed by atoms with van der Waals surface area (Å²) in [4.78, 5) is 14.4. The molecule has 1 saturated carbocycles. The highest BCUT2D eigenvalue weighted by Crippen LogP contribution is 2.32. The summed E-state index contributed by atoms with van der Waals surface area (Å²) in [6.45, 7) is 6.34. The molecule has 0 radical (unpaired) electrons. The minimum atomic E-state index is 0.105. The SMILES string of the molecule is CC1CCNC2(CCCC2)CN1CCn1ccccc1=O. The number of nitrogens with zero attached hydrogens (tertiary/aromatic N) is 2. The Morgan fingerprint density at radius 1 is 1.29 bits per heavy atom. The smallest absolute Gasteiger partial charge is 0.250 e. The van der Waals surface area contributed by atoms with E-state index in [0.29, 0.717) is 11.6 Å². The van der Waals surface area contributed by atoms with E-state index in [9.17, 15) is 4.79 Å². The predicted molar refractivity (Wildman–Crippen MR) is 85.6 cm³/mol. The van der Waals surface area contributed by atoms with Crippen molar-refractivity contribution >= 4 is 0 Å². The van der Waals surface area contributed by atoms with E-state index >= 15 is 0 Å². The van der Waals surface area contributed by atoms with E-state index in [1.54, 1.807) is 6.07 Å². The lowest BCUT2D eigenvalue weighted by Crippen LogP contribution is -2.50. The molecule has 0 aromatic carbocycles. The average molecular weight is 289 g/mol. The minimum absolute atomic E-state index is 0.105. The second-order valence-corrected chi connectivity index (χ2v) is 6.75. The molecule has 1 saturated heterocycles. The molecule has 0 amide bonds. The predicted octanol–water partition coefficient (Wildman–Crippen LogP) is 1.84. The van der Waals surface area contributed by atoms with Crippen LogP contribution >= 0.6 is 0 Å². The highest BCUT2D eigenvalue weighted by atomic mass is 16.1. The average Bonchev–Trinajstić information content (AvgIpc) is 2.87. The van der Waals surface area contributed by atoms with Crippen molar-refractivity contribution in [3.63, 3.8) is 0 Å². The molecule has 2 fully saturated rings. The Kier molecular flexibility index (Phi) is 4.45. The van der Waals surface area contributed by atoms with Crippen LogP contribution in [-0.4, -0.2) is 40.7 Å². The van der Waals surface area contributed by atoms with E-state index in [4.69, 9.17) is 0 Å². The van der Waals surface area contributed by atoms with Crippen LogP contribution in [0.3, 0.4) is 0 Å². The molecule has 1 aliphatic heterocycles. The Morgan fingerprint density at radius 3 is 2.86 bits per heavy atom. The van der Waals surface area contributed by atoms with Crippen molar-refractivity contribution < 1.29 is 0 Å². The van der Waals surface area contributed by atoms with Crippen LogP contribution in [0.15, 0.2) is 29.2 Å².